The molecule has 122 valence electrons. The second-order valence-corrected chi connectivity index (χ2v) is 5.89. The lowest BCUT2D eigenvalue weighted by Crippen LogP contribution is -2.09. The van der Waals surface area contributed by atoms with Crippen LogP contribution in [0.3, 0.4) is 0 Å². The van der Waals surface area contributed by atoms with Crippen molar-refractivity contribution in [2.45, 2.75) is 12.8 Å². The minimum Gasteiger partial charge on any atom is -0.497 e. The van der Waals surface area contributed by atoms with Crippen molar-refractivity contribution in [3.63, 3.8) is 0 Å². The van der Waals surface area contributed by atoms with Crippen molar-refractivity contribution in [3.05, 3.63) is 54.1 Å². The third-order valence-electron chi connectivity index (χ3n) is 4.25. The highest BCUT2D eigenvalue weighted by atomic mass is 19.1. The number of benzene rings is 2. The fourth-order valence-electron chi connectivity index (χ4n) is 3.00. The second kappa shape index (κ2) is 5.63. The highest BCUT2D eigenvalue weighted by molar-refractivity contribution is 5.69. The molecule has 0 amide bonds. The Kier molecular flexibility index (Phi) is 3.45. The van der Waals surface area contributed by atoms with Gasteiger partial charge >= 0.3 is 0 Å². The molecular formula is C18H17FN4O. The van der Waals surface area contributed by atoms with E-state index < -0.39 is 0 Å². The number of aromatic nitrogens is 3. The van der Waals surface area contributed by atoms with Gasteiger partial charge in [-0.25, -0.2) is 4.39 Å². The van der Waals surface area contributed by atoms with Crippen LogP contribution >= 0.6 is 0 Å². The Bertz CT molecular complexity index is 906. The van der Waals surface area contributed by atoms with E-state index in [1.165, 1.54) is 12.1 Å². The van der Waals surface area contributed by atoms with Gasteiger partial charge in [0, 0.05) is 24.1 Å². The molecule has 0 saturated carbocycles. The lowest BCUT2D eigenvalue weighted by molar-refractivity contribution is 0.415. The molecule has 2 aromatic carbocycles. The molecule has 0 saturated heterocycles. The average Bonchev–Trinajstić information content (AvgIpc) is 2.99. The van der Waals surface area contributed by atoms with Gasteiger partial charge in [-0.3, -0.25) is 4.57 Å². The number of anilines is 1. The molecule has 1 aliphatic rings. The van der Waals surface area contributed by atoms with Crippen LogP contribution in [0.25, 0.3) is 17.1 Å². The molecule has 6 heteroatoms. The smallest absolute Gasteiger partial charge is 0.168 e. The molecule has 1 aromatic heterocycles. The summed E-state index contributed by atoms with van der Waals surface area (Å²) < 4.78 is 21.0. The Hall–Kier alpha value is -2.89. The summed E-state index contributed by atoms with van der Waals surface area (Å²) >= 11 is 0. The second-order valence-electron chi connectivity index (χ2n) is 5.89. The highest BCUT2D eigenvalue weighted by Crippen LogP contribution is 2.35. The molecule has 5 nitrogen and oxygen atoms in total. The van der Waals surface area contributed by atoms with Crippen LogP contribution in [0.4, 0.5) is 10.1 Å². The van der Waals surface area contributed by atoms with Gasteiger partial charge in [0.25, 0.3) is 0 Å². The summed E-state index contributed by atoms with van der Waals surface area (Å²) in [5.74, 6) is 2.13. The summed E-state index contributed by atoms with van der Waals surface area (Å²) in [6.07, 6.45) is 0. The summed E-state index contributed by atoms with van der Waals surface area (Å²) in [5, 5.41) is 12.1. The van der Waals surface area contributed by atoms with E-state index >= 15 is 0 Å². The van der Waals surface area contributed by atoms with Crippen molar-refractivity contribution < 1.29 is 9.13 Å². The lowest BCUT2D eigenvalue weighted by Gasteiger charge is -2.13. The predicted molar refractivity (Wildman–Crippen MR) is 90.2 cm³/mol. The van der Waals surface area contributed by atoms with E-state index in [1.807, 2.05) is 28.8 Å². The summed E-state index contributed by atoms with van der Waals surface area (Å²) in [7, 11) is 1.64. The number of ether oxygens (including phenoxy) is 1. The summed E-state index contributed by atoms with van der Waals surface area (Å²) in [6, 6.07) is 12.2. The van der Waals surface area contributed by atoms with Gasteiger partial charge in [-0.05, 0) is 24.3 Å². The van der Waals surface area contributed by atoms with Crippen LogP contribution in [-0.2, 0) is 0 Å². The Morgan fingerprint density at radius 1 is 1.21 bits per heavy atom. The molecule has 4 rings (SSSR count). The standard InChI is InChI=1S/C18H17FN4O/c1-11-10-20-15-9-14(24-2)6-7-16(15)23-17(11)21-22-18(23)12-4-3-5-13(19)8-12/h3-9,11,20H,10H2,1-2H3/t11-/m0/s1. The van der Waals surface area contributed by atoms with E-state index in [2.05, 4.69) is 22.4 Å². The Labute approximate surface area is 139 Å². The summed E-state index contributed by atoms with van der Waals surface area (Å²) in [5.41, 5.74) is 2.57. The Morgan fingerprint density at radius 3 is 2.88 bits per heavy atom. The number of hydrogen-bond donors (Lipinski definition) is 1. The third-order valence-corrected chi connectivity index (χ3v) is 4.25. The number of nitrogens with zero attached hydrogens (tertiary/aromatic N) is 3. The summed E-state index contributed by atoms with van der Waals surface area (Å²) in [6.45, 7) is 2.83. The van der Waals surface area contributed by atoms with Crippen LogP contribution < -0.4 is 10.1 Å². The molecule has 0 fully saturated rings. The highest BCUT2D eigenvalue weighted by Gasteiger charge is 2.25. The van der Waals surface area contributed by atoms with Gasteiger partial charge in [-0.2, -0.15) is 0 Å². The van der Waals surface area contributed by atoms with E-state index in [4.69, 9.17) is 4.74 Å². The maximum Gasteiger partial charge on any atom is 0.168 e. The van der Waals surface area contributed by atoms with Crippen LogP contribution in [0.15, 0.2) is 42.5 Å². The van der Waals surface area contributed by atoms with Crippen LogP contribution in [-0.4, -0.2) is 28.4 Å². The zero-order chi connectivity index (χ0) is 16.7. The van der Waals surface area contributed by atoms with E-state index in [1.54, 1.807) is 13.2 Å². The molecule has 1 N–H and O–H groups in total. The number of fused-ring (bicyclic) bond motifs is 3. The molecule has 1 atom stereocenters. The molecule has 3 aromatic rings. The van der Waals surface area contributed by atoms with E-state index in [-0.39, 0.29) is 11.7 Å². The van der Waals surface area contributed by atoms with Gasteiger partial charge in [0.1, 0.15) is 17.4 Å². The monoisotopic (exact) mass is 324 g/mol. The molecule has 24 heavy (non-hydrogen) atoms. The van der Waals surface area contributed by atoms with Crippen molar-refractivity contribution in [2.75, 3.05) is 19.0 Å². The topological polar surface area (TPSA) is 52.0 Å². The molecular weight excluding hydrogens is 307 g/mol. The first-order valence-electron chi connectivity index (χ1n) is 7.81. The zero-order valence-corrected chi connectivity index (χ0v) is 13.5. The van der Waals surface area contributed by atoms with Crippen molar-refractivity contribution in [3.8, 4) is 22.8 Å². The number of halogens is 1. The van der Waals surface area contributed by atoms with Crippen molar-refractivity contribution in [1.29, 1.82) is 0 Å². The molecule has 0 spiro atoms. The molecule has 0 unspecified atom stereocenters. The average molecular weight is 324 g/mol. The summed E-state index contributed by atoms with van der Waals surface area (Å²) in [4.78, 5) is 0. The number of hydrogen-bond acceptors (Lipinski definition) is 4. The van der Waals surface area contributed by atoms with E-state index in [0.717, 1.165) is 29.5 Å². The largest absolute Gasteiger partial charge is 0.497 e. The van der Waals surface area contributed by atoms with Gasteiger partial charge in [0.05, 0.1) is 18.5 Å². The fourth-order valence-corrected chi connectivity index (χ4v) is 3.00. The third kappa shape index (κ3) is 2.31. The normalized spacial score (nSPS) is 15.9. The van der Waals surface area contributed by atoms with Crippen LogP contribution in [0.1, 0.15) is 18.7 Å². The molecule has 0 radical (unpaired) electrons. The zero-order valence-electron chi connectivity index (χ0n) is 13.5. The van der Waals surface area contributed by atoms with Crippen molar-refractivity contribution >= 4 is 5.69 Å². The lowest BCUT2D eigenvalue weighted by atomic mass is 10.1. The van der Waals surface area contributed by atoms with Crippen molar-refractivity contribution in [2.24, 2.45) is 0 Å². The Morgan fingerprint density at radius 2 is 2.08 bits per heavy atom. The van der Waals surface area contributed by atoms with E-state index in [9.17, 15) is 4.39 Å². The van der Waals surface area contributed by atoms with Gasteiger partial charge in [0.15, 0.2) is 5.82 Å². The van der Waals surface area contributed by atoms with Gasteiger partial charge in [-0.1, -0.05) is 19.1 Å². The number of rotatable bonds is 2. The predicted octanol–water partition coefficient (Wildman–Crippen LogP) is 3.61. The van der Waals surface area contributed by atoms with Crippen LogP contribution in [0.5, 0.6) is 5.75 Å². The molecule has 0 aliphatic carbocycles. The maximum absolute atomic E-state index is 13.7. The van der Waals surface area contributed by atoms with Gasteiger partial charge in [0.2, 0.25) is 0 Å². The molecule has 2 heterocycles. The quantitative estimate of drug-likeness (QED) is 0.782. The minimum atomic E-state index is -0.292. The van der Waals surface area contributed by atoms with Gasteiger partial charge < -0.3 is 10.1 Å². The first-order valence-corrected chi connectivity index (χ1v) is 7.81. The fraction of sp³-hybridized carbons (Fsp3) is 0.222. The molecule has 1 aliphatic heterocycles. The molecule has 0 bridgehead atoms. The van der Waals surface area contributed by atoms with E-state index in [0.29, 0.717) is 11.4 Å². The van der Waals surface area contributed by atoms with Crippen LogP contribution in [0, 0.1) is 5.82 Å². The Balaban J connectivity index is 1.96. The minimum absolute atomic E-state index is 0.165. The maximum atomic E-state index is 13.7. The van der Waals surface area contributed by atoms with Gasteiger partial charge in [-0.15, -0.1) is 10.2 Å². The van der Waals surface area contributed by atoms with Crippen LogP contribution in [0.2, 0.25) is 0 Å². The SMILES string of the molecule is COc1ccc2c(c1)NC[C@H](C)c1nnc(-c3cccc(F)c3)n1-2. The first-order chi connectivity index (χ1) is 11.7. The number of nitrogens with one attached hydrogen (secondary N) is 1. The van der Waals surface area contributed by atoms with Crippen molar-refractivity contribution in [1.82, 2.24) is 14.8 Å². The first kappa shape index (κ1) is 14.7. The number of methoxy groups -OCH3 is 1.